The van der Waals surface area contributed by atoms with Crippen molar-refractivity contribution in [3.05, 3.63) is 29.6 Å². The van der Waals surface area contributed by atoms with Crippen molar-refractivity contribution in [2.24, 2.45) is 0 Å². The third-order valence-electron chi connectivity index (χ3n) is 3.27. The van der Waals surface area contributed by atoms with E-state index in [0.29, 0.717) is 18.7 Å². The van der Waals surface area contributed by atoms with Gasteiger partial charge in [0.1, 0.15) is 11.8 Å². The highest BCUT2D eigenvalue weighted by Crippen LogP contribution is 2.27. The number of rotatable bonds is 2. The van der Waals surface area contributed by atoms with Crippen LogP contribution in [0.3, 0.4) is 0 Å². The molecule has 0 saturated carbocycles. The van der Waals surface area contributed by atoms with Gasteiger partial charge in [-0.05, 0) is 31.9 Å². The highest BCUT2D eigenvalue weighted by molar-refractivity contribution is 5.12. The number of pyridine rings is 1. The van der Waals surface area contributed by atoms with E-state index in [0.717, 1.165) is 18.9 Å². The molecule has 1 fully saturated rings. The van der Waals surface area contributed by atoms with Gasteiger partial charge in [-0.2, -0.15) is 13.2 Å². The molecule has 24 heavy (non-hydrogen) atoms. The Balaban J connectivity index is 0.000000400. The predicted octanol–water partition coefficient (Wildman–Crippen LogP) is 3.73. The maximum absolute atomic E-state index is 11.9. The number of hydrogen-bond donors (Lipinski definition) is 2. The molecule has 1 aliphatic rings. The predicted molar refractivity (Wildman–Crippen MR) is 86.6 cm³/mol. The number of ether oxygens (including phenoxy) is 1. The fourth-order valence-electron chi connectivity index (χ4n) is 2.10. The SMILES string of the molecule is CC.CCCC1OCCC(O)C1O.Cc1cccc(C(F)(F)F)n1. The lowest BCUT2D eigenvalue weighted by molar-refractivity contribution is -0.141. The van der Waals surface area contributed by atoms with E-state index in [1.165, 1.54) is 19.1 Å². The van der Waals surface area contributed by atoms with Gasteiger partial charge < -0.3 is 14.9 Å². The Morgan fingerprint density at radius 3 is 2.33 bits per heavy atom. The van der Waals surface area contributed by atoms with E-state index < -0.39 is 24.1 Å². The van der Waals surface area contributed by atoms with Crippen LogP contribution in [0.25, 0.3) is 0 Å². The fourth-order valence-corrected chi connectivity index (χ4v) is 2.10. The largest absolute Gasteiger partial charge is 0.433 e. The average molecular weight is 351 g/mol. The van der Waals surface area contributed by atoms with Gasteiger partial charge >= 0.3 is 6.18 Å². The number of aryl methyl sites for hydroxylation is 1. The summed E-state index contributed by atoms with van der Waals surface area (Å²) in [6.07, 6.45) is -3.37. The van der Waals surface area contributed by atoms with Crippen molar-refractivity contribution in [3.63, 3.8) is 0 Å². The first-order valence-corrected chi connectivity index (χ1v) is 8.24. The second-order valence-corrected chi connectivity index (χ2v) is 5.21. The second kappa shape index (κ2) is 11.4. The molecule has 1 aromatic rings. The molecule has 2 rings (SSSR count). The van der Waals surface area contributed by atoms with Crippen molar-refractivity contribution >= 4 is 0 Å². The number of aliphatic hydroxyl groups is 2. The van der Waals surface area contributed by atoms with Gasteiger partial charge in [-0.3, -0.25) is 0 Å². The highest BCUT2D eigenvalue weighted by Gasteiger charge is 2.32. The van der Waals surface area contributed by atoms with E-state index >= 15 is 0 Å². The van der Waals surface area contributed by atoms with Crippen LogP contribution in [0.1, 0.15) is 51.4 Å². The van der Waals surface area contributed by atoms with Gasteiger partial charge in [0.05, 0.1) is 12.2 Å². The minimum absolute atomic E-state index is 0.149. The van der Waals surface area contributed by atoms with Crippen LogP contribution in [0, 0.1) is 6.92 Å². The first-order chi connectivity index (χ1) is 11.3. The number of aliphatic hydroxyl groups excluding tert-OH is 2. The molecule has 0 aliphatic carbocycles. The van der Waals surface area contributed by atoms with Crippen LogP contribution in [-0.2, 0) is 10.9 Å². The summed E-state index contributed by atoms with van der Waals surface area (Å²) in [6.45, 7) is 8.13. The van der Waals surface area contributed by atoms with Crippen molar-refractivity contribution in [1.82, 2.24) is 4.98 Å². The molecule has 3 unspecified atom stereocenters. The summed E-state index contributed by atoms with van der Waals surface area (Å²) in [7, 11) is 0. The van der Waals surface area contributed by atoms with Crippen LogP contribution < -0.4 is 0 Å². The lowest BCUT2D eigenvalue weighted by atomic mass is 9.99. The zero-order chi connectivity index (χ0) is 18.8. The third-order valence-corrected chi connectivity index (χ3v) is 3.27. The molecule has 4 nitrogen and oxygen atoms in total. The average Bonchev–Trinajstić information content (AvgIpc) is 2.54. The molecule has 2 N–H and O–H groups in total. The van der Waals surface area contributed by atoms with Crippen molar-refractivity contribution in [1.29, 1.82) is 0 Å². The Labute approximate surface area is 141 Å². The topological polar surface area (TPSA) is 62.6 Å². The molecule has 1 aliphatic heterocycles. The molecule has 2 heterocycles. The summed E-state index contributed by atoms with van der Waals surface area (Å²) in [6, 6.07) is 3.81. The molecule has 1 aromatic heterocycles. The highest BCUT2D eigenvalue weighted by atomic mass is 19.4. The summed E-state index contributed by atoms with van der Waals surface area (Å²) in [4.78, 5) is 3.32. The quantitative estimate of drug-likeness (QED) is 0.852. The first-order valence-electron chi connectivity index (χ1n) is 8.24. The molecular formula is C17H28F3NO3. The Morgan fingerprint density at radius 2 is 1.88 bits per heavy atom. The fraction of sp³-hybridized carbons (Fsp3) is 0.706. The number of aromatic nitrogens is 1. The minimum atomic E-state index is -4.33. The first kappa shape index (κ1) is 22.8. The van der Waals surface area contributed by atoms with Gasteiger partial charge in [0, 0.05) is 12.3 Å². The Bertz CT molecular complexity index is 453. The lowest BCUT2D eigenvalue weighted by Crippen LogP contribution is -2.44. The zero-order valence-electron chi connectivity index (χ0n) is 14.7. The van der Waals surface area contributed by atoms with E-state index in [1.807, 2.05) is 20.8 Å². The van der Waals surface area contributed by atoms with Crippen molar-refractivity contribution in [3.8, 4) is 0 Å². The van der Waals surface area contributed by atoms with E-state index in [1.54, 1.807) is 0 Å². The number of alkyl halides is 3. The van der Waals surface area contributed by atoms with Crippen LogP contribution in [0.4, 0.5) is 13.2 Å². The Hall–Kier alpha value is -1.18. The van der Waals surface area contributed by atoms with Gasteiger partial charge in [-0.1, -0.05) is 33.3 Å². The van der Waals surface area contributed by atoms with Crippen molar-refractivity contribution in [2.45, 2.75) is 71.4 Å². The van der Waals surface area contributed by atoms with Crippen molar-refractivity contribution in [2.75, 3.05) is 6.61 Å². The Kier molecular flexibility index (Phi) is 10.8. The van der Waals surface area contributed by atoms with Crippen LogP contribution in [-0.4, -0.2) is 40.1 Å². The number of hydrogen-bond acceptors (Lipinski definition) is 4. The van der Waals surface area contributed by atoms with Crippen LogP contribution in [0.5, 0.6) is 0 Å². The maximum atomic E-state index is 11.9. The van der Waals surface area contributed by atoms with Crippen LogP contribution >= 0.6 is 0 Å². The molecule has 0 spiro atoms. The second-order valence-electron chi connectivity index (χ2n) is 5.21. The minimum Gasteiger partial charge on any atom is -0.390 e. The smallest absolute Gasteiger partial charge is 0.390 e. The van der Waals surface area contributed by atoms with E-state index in [9.17, 15) is 23.4 Å². The third kappa shape index (κ3) is 8.08. The van der Waals surface area contributed by atoms with E-state index in [4.69, 9.17) is 4.74 Å². The molecule has 0 radical (unpaired) electrons. The van der Waals surface area contributed by atoms with E-state index in [2.05, 4.69) is 4.98 Å². The normalized spacial score (nSPS) is 23.5. The lowest BCUT2D eigenvalue weighted by Gasteiger charge is -2.31. The summed E-state index contributed by atoms with van der Waals surface area (Å²) in [5.74, 6) is 0. The van der Waals surface area contributed by atoms with Gasteiger partial charge in [-0.15, -0.1) is 0 Å². The molecule has 3 atom stereocenters. The number of nitrogens with zero attached hydrogens (tertiary/aromatic N) is 1. The molecular weight excluding hydrogens is 323 g/mol. The van der Waals surface area contributed by atoms with Crippen LogP contribution in [0.15, 0.2) is 18.2 Å². The Morgan fingerprint density at radius 1 is 1.25 bits per heavy atom. The number of halogens is 3. The molecule has 0 bridgehead atoms. The van der Waals surface area contributed by atoms with Gasteiger partial charge in [0.2, 0.25) is 0 Å². The summed E-state index contributed by atoms with van der Waals surface area (Å²) < 4.78 is 41.0. The van der Waals surface area contributed by atoms with Gasteiger partial charge in [0.25, 0.3) is 0 Å². The monoisotopic (exact) mass is 351 g/mol. The standard InChI is InChI=1S/C8H16O3.C7H6F3N.C2H6/c1-2-3-7-8(10)6(9)4-5-11-7;1-5-3-2-4-6(11-5)7(8,9)10;1-2/h6-10H,2-5H2,1H3;2-4H,1H3;1-2H3. The van der Waals surface area contributed by atoms with Crippen molar-refractivity contribution < 1.29 is 28.1 Å². The molecule has 0 amide bonds. The van der Waals surface area contributed by atoms with Gasteiger partial charge in [0.15, 0.2) is 0 Å². The summed E-state index contributed by atoms with van der Waals surface area (Å²) >= 11 is 0. The maximum Gasteiger partial charge on any atom is 0.433 e. The van der Waals surface area contributed by atoms with E-state index in [-0.39, 0.29) is 6.10 Å². The molecule has 0 aromatic carbocycles. The zero-order valence-corrected chi connectivity index (χ0v) is 14.7. The molecule has 1 saturated heterocycles. The summed E-state index contributed by atoms with van der Waals surface area (Å²) in [5, 5.41) is 18.6. The van der Waals surface area contributed by atoms with Crippen LogP contribution in [0.2, 0.25) is 0 Å². The molecule has 7 heteroatoms. The molecule has 140 valence electrons. The van der Waals surface area contributed by atoms with Gasteiger partial charge in [-0.25, -0.2) is 4.98 Å². The summed E-state index contributed by atoms with van der Waals surface area (Å²) in [5.41, 5.74) is -0.461.